The van der Waals surface area contributed by atoms with Crippen LogP contribution >= 0.6 is 15.9 Å². The number of rotatable bonds is 7. The molecule has 0 aromatic heterocycles. The van der Waals surface area contributed by atoms with Gasteiger partial charge in [0.25, 0.3) is 0 Å². The van der Waals surface area contributed by atoms with Gasteiger partial charge in [-0.25, -0.2) is 0 Å². The Kier molecular flexibility index (Phi) is 7.81. The highest BCUT2D eigenvalue weighted by Gasteiger charge is 2.22. The van der Waals surface area contributed by atoms with Crippen molar-refractivity contribution in [2.75, 3.05) is 38.2 Å². The Morgan fingerprint density at radius 2 is 2.06 bits per heavy atom. The van der Waals surface area contributed by atoms with Gasteiger partial charge >= 0.3 is 0 Å². The normalized spacial score (nSPS) is 17.4. The molecule has 0 aromatic rings. The van der Waals surface area contributed by atoms with Gasteiger partial charge in [-0.05, 0) is 19.8 Å². The summed E-state index contributed by atoms with van der Waals surface area (Å²) in [6.07, 6.45) is 2.78. The van der Waals surface area contributed by atoms with E-state index < -0.39 is 0 Å². The van der Waals surface area contributed by atoms with Crippen molar-refractivity contribution >= 4 is 21.8 Å². The highest BCUT2D eigenvalue weighted by atomic mass is 79.9. The van der Waals surface area contributed by atoms with E-state index in [0.717, 1.165) is 37.9 Å². The van der Waals surface area contributed by atoms with Crippen molar-refractivity contribution in [3.8, 4) is 0 Å². The van der Waals surface area contributed by atoms with Crippen LogP contribution in [0.2, 0.25) is 0 Å². The lowest BCUT2D eigenvalue weighted by molar-refractivity contribution is -0.133. The number of carbonyl (C=O) groups excluding carboxylic acids is 1. The average Bonchev–Trinajstić information content (AvgIpc) is 2.36. The molecule has 0 bridgehead atoms. The second-order valence-electron chi connectivity index (χ2n) is 4.09. The fraction of sp³-hybridized carbons (Fsp3) is 0.917. The maximum absolute atomic E-state index is 11.6. The molecular formula is C12H22BrNO3. The van der Waals surface area contributed by atoms with E-state index in [0.29, 0.717) is 25.7 Å². The van der Waals surface area contributed by atoms with Crippen molar-refractivity contribution in [3.63, 3.8) is 0 Å². The Morgan fingerprint density at radius 3 is 2.65 bits per heavy atom. The minimum Gasteiger partial charge on any atom is -0.379 e. The Bertz CT molecular complexity index is 218. The summed E-state index contributed by atoms with van der Waals surface area (Å²) in [5, 5.41) is 0.747. The molecule has 1 rings (SSSR count). The lowest BCUT2D eigenvalue weighted by Gasteiger charge is -2.31. The molecule has 1 amide bonds. The number of nitrogens with zero attached hydrogens (tertiary/aromatic N) is 1. The lowest BCUT2D eigenvalue weighted by atomic mass is 10.1. The predicted octanol–water partition coefficient (Wildman–Crippen LogP) is 1.82. The van der Waals surface area contributed by atoms with E-state index in [-0.39, 0.29) is 5.91 Å². The zero-order valence-electron chi connectivity index (χ0n) is 10.5. The Labute approximate surface area is 112 Å². The summed E-state index contributed by atoms with van der Waals surface area (Å²) in [5.74, 6) is 0.245. The topological polar surface area (TPSA) is 38.8 Å². The van der Waals surface area contributed by atoms with Crippen molar-refractivity contribution < 1.29 is 14.3 Å². The largest absolute Gasteiger partial charge is 0.379 e. The smallest absolute Gasteiger partial charge is 0.223 e. The molecule has 100 valence electrons. The summed E-state index contributed by atoms with van der Waals surface area (Å²) in [7, 11) is 0. The van der Waals surface area contributed by atoms with Crippen LogP contribution in [0.15, 0.2) is 0 Å². The van der Waals surface area contributed by atoms with Crippen LogP contribution in [0.25, 0.3) is 0 Å². The van der Waals surface area contributed by atoms with E-state index in [2.05, 4.69) is 15.9 Å². The molecule has 17 heavy (non-hydrogen) atoms. The predicted molar refractivity (Wildman–Crippen MR) is 70.5 cm³/mol. The van der Waals surface area contributed by atoms with Crippen molar-refractivity contribution in [2.45, 2.75) is 32.3 Å². The highest BCUT2D eigenvalue weighted by molar-refractivity contribution is 9.09. The van der Waals surface area contributed by atoms with Gasteiger partial charge in [0.1, 0.15) is 0 Å². The van der Waals surface area contributed by atoms with E-state index in [1.165, 1.54) is 0 Å². The van der Waals surface area contributed by atoms with Crippen LogP contribution in [0.3, 0.4) is 0 Å². The maximum Gasteiger partial charge on any atom is 0.223 e. The average molecular weight is 308 g/mol. The number of amides is 1. The number of hydrogen-bond acceptors (Lipinski definition) is 3. The van der Waals surface area contributed by atoms with Gasteiger partial charge in [-0.2, -0.15) is 0 Å². The van der Waals surface area contributed by atoms with Gasteiger partial charge in [0.15, 0.2) is 0 Å². The van der Waals surface area contributed by atoms with Crippen molar-refractivity contribution in [1.29, 1.82) is 0 Å². The monoisotopic (exact) mass is 307 g/mol. The Morgan fingerprint density at radius 1 is 1.35 bits per heavy atom. The van der Waals surface area contributed by atoms with Gasteiger partial charge in [0, 0.05) is 31.4 Å². The number of likely N-dealkylation sites (tertiary alicyclic amines) is 1. The number of halogens is 1. The maximum atomic E-state index is 11.6. The SMILES string of the molecule is CCOCCOC1CCN(C(=O)CCBr)CC1. The minimum atomic E-state index is 0.245. The molecule has 0 saturated carbocycles. The summed E-state index contributed by atoms with van der Waals surface area (Å²) >= 11 is 3.29. The first-order chi connectivity index (χ1) is 8.27. The number of ether oxygens (including phenoxy) is 2. The van der Waals surface area contributed by atoms with Gasteiger partial charge in [-0.1, -0.05) is 15.9 Å². The molecule has 1 aliphatic rings. The third-order valence-corrected chi connectivity index (χ3v) is 3.28. The van der Waals surface area contributed by atoms with Crippen LogP contribution in [0.5, 0.6) is 0 Å². The molecule has 1 fully saturated rings. The van der Waals surface area contributed by atoms with Crippen LogP contribution < -0.4 is 0 Å². The lowest BCUT2D eigenvalue weighted by Crippen LogP contribution is -2.41. The Balaban J connectivity index is 2.11. The van der Waals surface area contributed by atoms with E-state index in [4.69, 9.17) is 9.47 Å². The molecule has 0 atom stereocenters. The van der Waals surface area contributed by atoms with E-state index in [1.807, 2.05) is 11.8 Å². The molecule has 4 nitrogen and oxygen atoms in total. The molecule has 1 heterocycles. The molecular weight excluding hydrogens is 286 g/mol. The number of piperidine rings is 1. The summed E-state index contributed by atoms with van der Waals surface area (Å²) in [5.41, 5.74) is 0. The molecule has 1 saturated heterocycles. The van der Waals surface area contributed by atoms with Gasteiger partial charge in [0.05, 0.1) is 19.3 Å². The second kappa shape index (κ2) is 8.89. The van der Waals surface area contributed by atoms with E-state index >= 15 is 0 Å². The van der Waals surface area contributed by atoms with Crippen LogP contribution in [0.4, 0.5) is 0 Å². The number of alkyl halides is 1. The molecule has 0 aliphatic carbocycles. The summed E-state index contributed by atoms with van der Waals surface area (Å²) in [6.45, 7) is 5.69. The molecule has 1 aliphatic heterocycles. The number of hydrogen-bond donors (Lipinski definition) is 0. The minimum absolute atomic E-state index is 0.245. The quantitative estimate of drug-likeness (QED) is 0.532. The summed E-state index contributed by atoms with van der Waals surface area (Å²) in [6, 6.07) is 0. The second-order valence-corrected chi connectivity index (χ2v) is 4.88. The van der Waals surface area contributed by atoms with E-state index in [9.17, 15) is 4.79 Å². The molecule has 0 aromatic carbocycles. The zero-order valence-corrected chi connectivity index (χ0v) is 12.1. The standard InChI is InChI=1S/C12H22BrNO3/c1-2-16-9-10-17-11-4-7-14(8-5-11)12(15)3-6-13/h11H,2-10H2,1H3. The molecule has 0 unspecified atom stereocenters. The Hall–Kier alpha value is -0.130. The molecule has 0 spiro atoms. The van der Waals surface area contributed by atoms with Gasteiger partial charge in [-0.3, -0.25) is 4.79 Å². The van der Waals surface area contributed by atoms with Crippen LogP contribution in [-0.4, -0.2) is 55.2 Å². The third kappa shape index (κ3) is 5.84. The van der Waals surface area contributed by atoms with Crippen molar-refractivity contribution in [3.05, 3.63) is 0 Å². The van der Waals surface area contributed by atoms with Crippen LogP contribution in [0.1, 0.15) is 26.2 Å². The third-order valence-electron chi connectivity index (χ3n) is 2.89. The summed E-state index contributed by atoms with van der Waals surface area (Å²) < 4.78 is 10.9. The van der Waals surface area contributed by atoms with Crippen molar-refractivity contribution in [2.24, 2.45) is 0 Å². The van der Waals surface area contributed by atoms with Gasteiger partial charge in [0.2, 0.25) is 5.91 Å². The van der Waals surface area contributed by atoms with Gasteiger partial charge in [-0.15, -0.1) is 0 Å². The first kappa shape index (κ1) is 14.9. The molecule has 0 radical (unpaired) electrons. The first-order valence-electron chi connectivity index (χ1n) is 6.31. The van der Waals surface area contributed by atoms with Crippen LogP contribution in [0, 0.1) is 0 Å². The van der Waals surface area contributed by atoms with Crippen LogP contribution in [-0.2, 0) is 14.3 Å². The van der Waals surface area contributed by atoms with E-state index in [1.54, 1.807) is 0 Å². The first-order valence-corrected chi connectivity index (χ1v) is 7.43. The fourth-order valence-electron chi connectivity index (χ4n) is 1.93. The zero-order chi connectivity index (χ0) is 12.5. The highest BCUT2D eigenvalue weighted by Crippen LogP contribution is 2.14. The number of carbonyl (C=O) groups is 1. The van der Waals surface area contributed by atoms with Gasteiger partial charge < -0.3 is 14.4 Å². The summed E-state index contributed by atoms with van der Waals surface area (Å²) in [4.78, 5) is 13.6. The molecule has 0 N–H and O–H groups in total. The van der Waals surface area contributed by atoms with Crippen molar-refractivity contribution in [1.82, 2.24) is 4.90 Å². The molecule has 5 heteroatoms. The fourth-order valence-corrected chi connectivity index (χ4v) is 2.27.